The third-order valence-electron chi connectivity index (χ3n) is 1.92. The van der Waals surface area contributed by atoms with E-state index in [-0.39, 0.29) is 22.5 Å². The van der Waals surface area contributed by atoms with Crippen LogP contribution in [-0.4, -0.2) is 24.7 Å². The highest BCUT2D eigenvalue weighted by atomic mass is 79.9. The molecule has 0 amide bonds. The minimum absolute atomic E-state index is 0.0532. The second-order valence-electron chi connectivity index (χ2n) is 2.93. The van der Waals surface area contributed by atoms with Crippen molar-refractivity contribution in [2.45, 2.75) is 13.3 Å². The number of pyridine rings is 1. The van der Waals surface area contributed by atoms with Crippen molar-refractivity contribution in [3.05, 3.63) is 21.8 Å². The third-order valence-corrected chi connectivity index (χ3v) is 2.66. The first kappa shape index (κ1) is 13.8. The summed E-state index contributed by atoms with van der Waals surface area (Å²) in [7, 11) is 1.32. The van der Waals surface area contributed by atoms with E-state index in [1.54, 1.807) is 6.92 Å². The summed E-state index contributed by atoms with van der Waals surface area (Å²) >= 11 is 3.01. The molecule has 0 aliphatic rings. The number of rotatable bonds is 4. The molecule has 17 heavy (non-hydrogen) atoms. The Bertz CT molecular complexity index is 426. The fourth-order valence-corrected chi connectivity index (χ4v) is 1.86. The van der Waals surface area contributed by atoms with Gasteiger partial charge in [0.2, 0.25) is 5.88 Å². The van der Waals surface area contributed by atoms with Gasteiger partial charge in [-0.1, -0.05) is 0 Å². The second kappa shape index (κ2) is 5.90. The van der Waals surface area contributed by atoms with Crippen LogP contribution in [0.3, 0.4) is 0 Å². The number of carbonyl (C=O) groups is 1. The first-order valence-electron chi connectivity index (χ1n) is 4.70. The molecular weight excluding hydrogens is 300 g/mol. The zero-order valence-corrected chi connectivity index (χ0v) is 10.8. The van der Waals surface area contributed by atoms with E-state index in [1.807, 2.05) is 0 Å². The fourth-order valence-electron chi connectivity index (χ4n) is 1.20. The third kappa shape index (κ3) is 2.91. The van der Waals surface area contributed by atoms with Gasteiger partial charge in [-0.05, 0) is 22.9 Å². The SMILES string of the molecule is CCOC(=O)c1c(C(F)F)cnc(OC)c1Br. The molecule has 0 aliphatic heterocycles. The van der Waals surface area contributed by atoms with Crippen LogP contribution in [0.1, 0.15) is 29.3 Å². The van der Waals surface area contributed by atoms with Gasteiger partial charge in [0.25, 0.3) is 6.43 Å². The molecule has 0 saturated carbocycles. The van der Waals surface area contributed by atoms with Crippen molar-refractivity contribution in [2.75, 3.05) is 13.7 Å². The number of methoxy groups -OCH3 is 1. The van der Waals surface area contributed by atoms with Crippen molar-refractivity contribution in [3.63, 3.8) is 0 Å². The van der Waals surface area contributed by atoms with E-state index in [9.17, 15) is 13.6 Å². The van der Waals surface area contributed by atoms with Crippen molar-refractivity contribution < 1.29 is 23.0 Å². The largest absolute Gasteiger partial charge is 0.480 e. The van der Waals surface area contributed by atoms with Crippen LogP contribution in [-0.2, 0) is 4.74 Å². The molecule has 1 aromatic heterocycles. The van der Waals surface area contributed by atoms with E-state index in [4.69, 9.17) is 9.47 Å². The van der Waals surface area contributed by atoms with E-state index in [0.717, 1.165) is 6.20 Å². The molecule has 0 unspecified atom stereocenters. The van der Waals surface area contributed by atoms with Gasteiger partial charge < -0.3 is 9.47 Å². The molecule has 1 heterocycles. The summed E-state index contributed by atoms with van der Waals surface area (Å²) in [5, 5.41) is 0. The second-order valence-corrected chi connectivity index (χ2v) is 3.73. The summed E-state index contributed by atoms with van der Waals surface area (Å²) in [5.74, 6) is -0.784. The highest BCUT2D eigenvalue weighted by Gasteiger charge is 2.25. The molecular formula is C10H10BrF2NO3. The monoisotopic (exact) mass is 309 g/mol. The predicted molar refractivity (Wildman–Crippen MR) is 59.4 cm³/mol. The molecule has 0 saturated heterocycles. The summed E-state index contributed by atoms with van der Waals surface area (Å²) in [4.78, 5) is 15.3. The van der Waals surface area contributed by atoms with Crippen molar-refractivity contribution in [1.29, 1.82) is 0 Å². The first-order chi connectivity index (χ1) is 8.02. The Kier molecular flexibility index (Phi) is 4.80. The van der Waals surface area contributed by atoms with E-state index in [1.165, 1.54) is 7.11 Å². The maximum atomic E-state index is 12.7. The Morgan fingerprint density at radius 2 is 2.24 bits per heavy atom. The van der Waals surface area contributed by atoms with Gasteiger partial charge in [0, 0.05) is 6.20 Å². The smallest absolute Gasteiger partial charge is 0.340 e. The van der Waals surface area contributed by atoms with E-state index >= 15 is 0 Å². The number of carbonyl (C=O) groups excluding carboxylic acids is 1. The molecule has 0 fully saturated rings. The van der Waals surface area contributed by atoms with Crippen molar-refractivity contribution in [3.8, 4) is 5.88 Å². The Hall–Kier alpha value is -1.24. The molecule has 1 rings (SSSR count). The summed E-state index contributed by atoms with van der Waals surface area (Å²) in [6.45, 7) is 1.69. The number of hydrogen-bond donors (Lipinski definition) is 0. The van der Waals surface area contributed by atoms with Gasteiger partial charge in [-0.2, -0.15) is 0 Å². The Morgan fingerprint density at radius 1 is 1.59 bits per heavy atom. The minimum Gasteiger partial charge on any atom is -0.480 e. The zero-order valence-electron chi connectivity index (χ0n) is 9.17. The normalized spacial score (nSPS) is 10.5. The lowest BCUT2D eigenvalue weighted by Crippen LogP contribution is -2.11. The number of nitrogens with zero attached hydrogens (tertiary/aromatic N) is 1. The van der Waals surface area contributed by atoms with Gasteiger partial charge in [0.15, 0.2) is 0 Å². The number of halogens is 3. The predicted octanol–water partition coefficient (Wildman–Crippen LogP) is 2.97. The van der Waals surface area contributed by atoms with Gasteiger partial charge in [0.1, 0.15) is 0 Å². The molecule has 0 aromatic carbocycles. The molecule has 7 heteroatoms. The number of esters is 1. The van der Waals surface area contributed by atoms with Gasteiger partial charge in [0.05, 0.1) is 29.3 Å². The first-order valence-corrected chi connectivity index (χ1v) is 5.49. The quantitative estimate of drug-likeness (QED) is 0.802. The zero-order chi connectivity index (χ0) is 13.0. The number of aromatic nitrogens is 1. The molecule has 0 bridgehead atoms. The number of alkyl halides is 2. The number of hydrogen-bond acceptors (Lipinski definition) is 4. The van der Waals surface area contributed by atoms with E-state index in [0.29, 0.717) is 0 Å². The van der Waals surface area contributed by atoms with Gasteiger partial charge >= 0.3 is 5.97 Å². The lowest BCUT2D eigenvalue weighted by molar-refractivity contribution is 0.0513. The molecule has 1 aromatic rings. The lowest BCUT2D eigenvalue weighted by atomic mass is 10.1. The van der Waals surface area contributed by atoms with Crippen molar-refractivity contribution in [1.82, 2.24) is 4.98 Å². The highest BCUT2D eigenvalue weighted by Crippen LogP contribution is 2.33. The lowest BCUT2D eigenvalue weighted by Gasteiger charge is -2.11. The summed E-state index contributed by atoms with van der Waals surface area (Å²) in [5.41, 5.74) is -0.746. The fraction of sp³-hybridized carbons (Fsp3) is 0.400. The molecule has 4 nitrogen and oxygen atoms in total. The summed E-state index contributed by atoms with van der Waals surface area (Å²) in [6, 6.07) is 0. The van der Waals surface area contributed by atoms with Crippen LogP contribution in [0.4, 0.5) is 8.78 Å². The van der Waals surface area contributed by atoms with Gasteiger partial charge in [-0.15, -0.1) is 0 Å². The molecule has 0 aliphatic carbocycles. The Labute approximate surface area is 105 Å². The highest BCUT2D eigenvalue weighted by molar-refractivity contribution is 9.10. The van der Waals surface area contributed by atoms with Crippen LogP contribution >= 0.6 is 15.9 Å². The average Bonchev–Trinajstić information content (AvgIpc) is 2.28. The maximum absolute atomic E-state index is 12.7. The van der Waals surface area contributed by atoms with E-state index in [2.05, 4.69) is 20.9 Å². The van der Waals surface area contributed by atoms with Crippen LogP contribution < -0.4 is 4.74 Å². The van der Waals surface area contributed by atoms with Gasteiger partial charge in [-0.3, -0.25) is 0 Å². The van der Waals surface area contributed by atoms with Crippen LogP contribution in [0.5, 0.6) is 5.88 Å². The average molecular weight is 310 g/mol. The Balaban J connectivity index is 3.34. The maximum Gasteiger partial charge on any atom is 0.340 e. The van der Waals surface area contributed by atoms with Crippen molar-refractivity contribution in [2.24, 2.45) is 0 Å². The van der Waals surface area contributed by atoms with E-state index < -0.39 is 18.0 Å². The standard InChI is InChI=1S/C10H10BrF2NO3/c1-3-17-10(15)6-5(8(12)13)4-14-9(16-2)7(6)11/h4,8H,3H2,1-2H3. The molecule has 0 radical (unpaired) electrons. The van der Waals surface area contributed by atoms with Crippen LogP contribution in [0, 0.1) is 0 Å². The number of ether oxygens (including phenoxy) is 2. The molecule has 0 N–H and O–H groups in total. The molecule has 0 atom stereocenters. The molecule has 0 spiro atoms. The molecule has 94 valence electrons. The Morgan fingerprint density at radius 3 is 2.71 bits per heavy atom. The van der Waals surface area contributed by atoms with Crippen LogP contribution in [0.25, 0.3) is 0 Å². The van der Waals surface area contributed by atoms with Crippen LogP contribution in [0.2, 0.25) is 0 Å². The minimum atomic E-state index is -2.82. The topological polar surface area (TPSA) is 48.4 Å². The van der Waals surface area contributed by atoms with Gasteiger partial charge in [-0.25, -0.2) is 18.6 Å². The van der Waals surface area contributed by atoms with Crippen LogP contribution in [0.15, 0.2) is 10.7 Å². The van der Waals surface area contributed by atoms with Crippen molar-refractivity contribution >= 4 is 21.9 Å². The summed E-state index contributed by atoms with van der Waals surface area (Å²) < 4.78 is 35.1. The summed E-state index contributed by atoms with van der Waals surface area (Å²) in [6.07, 6.45) is -1.91.